The van der Waals surface area contributed by atoms with Crippen molar-refractivity contribution in [1.29, 1.82) is 0 Å². The minimum Gasteiger partial charge on any atom is -0.493 e. The molecule has 1 aliphatic rings. The Morgan fingerprint density at radius 2 is 1.73 bits per heavy atom. The summed E-state index contributed by atoms with van der Waals surface area (Å²) in [5, 5.41) is 0. The first kappa shape index (κ1) is 15.4. The molecule has 0 saturated heterocycles. The van der Waals surface area contributed by atoms with E-state index in [0.29, 0.717) is 0 Å². The first-order valence-electron chi connectivity index (χ1n) is 7.52. The van der Waals surface area contributed by atoms with Crippen LogP contribution >= 0.6 is 15.9 Å². The maximum absolute atomic E-state index is 5.43. The molecule has 3 rings (SSSR count). The van der Waals surface area contributed by atoms with Crippen LogP contribution in [0.3, 0.4) is 0 Å². The molecule has 0 saturated carbocycles. The summed E-state index contributed by atoms with van der Waals surface area (Å²) in [6, 6.07) is 12.7. The summed E-state index contributed by atoms with van der Waals surface area (Å²) >= 11 is 3.65. The van der Waals surface area contributed by atoms with Crippen LogP contribution in [-0.4, -0.2) is 20.8 Å². The Morgan fingerprint density at radius 3 is 2.41 bits per heavy atom. The van der Waals surface area contributed by atoms with Crippen molar-refractivity contribution in [2.24, 2.45) is 0 Å². The van der Waals surface area contributed by atoms with Crippen LogP contribution in [0.5, 0.6) is 11.5 Å². The van der Waals surface area contributed by atoms with Gasteiger partial charge in [-0.25, -0.2) is 0 Å². The third-order valence-electron chi connectivity index (χ3n) is 4.29. The highest BCUT2D eigenvalue weighted by Crippen LogP contribution is 2.31. The second-order valence-electron chi connectivity index (χ2n) is 5.67. The Kier molecular flexibility index (Phi) is 4.69. The normalized spacial score (nSPS) is 17.0. The van der Waals surface area contributed by atoms with Gasteiger partial charge in [-0.15, -0.1) is 0 Å². The zero-order chi connectivity index (χ0) is 15.5. The van der Waals surface area contributed by atoms with Gasteiger partial charge in [0.1, 0.15) is 13.1 Å². The predicted molar refractivity (Wildman–Crippen MR) is 90.6 cm³/mol. The molecule has 0 fully saturated rings. The lowest BCUT2D eigenvalue weighted by Crippen LogP contribution is -3.10. The lowest BCUT2D eigenvalue weighted by molar-refractivity contribution is -0.929. The SMILES string of the molecule is COc1cc2c(cc1OC)C[NH+](Cc1ccccc1Br)CC2. The molecule has 1 unspecified atom stereocenters. The maximum Gasteiger partial charge on any atom is 0.161 e. The van der Waals surface area contributed by atoms with Crippen molar-refractivity contribution >= 4 is 15.9 Å². The Labute approximate surface area is 140 Å². The third kappa shape index (κ3) is 3.13. The molecule has 2 aromatic carbocycles. The Hall–Kier alpha value is -1.52. The number of quaternary nitrogens is 1. The number of rotatable bonds is 4. The minimum absolute atomic E-state index is 0.823. The summed E-state index contributed by atoms with van der Waals surface area (Å²) in [5.41, 5.74) is 4.11. The third-order valence-corrected chi connectivity index (χ3v) is 5.07. The summed E-state index contributed by atoms with van der Waals surface area (Å²) in [6.07, 6.45) is 1.08. The fourth-order valence-corrected chi connectivity index (χ4v) is 3.52. The largest absolute Gasteiger partial charge is 0.493 e. The number of hydrogen-bond acceptors (Lipinski definition) is 2. The number of ether oxygens (including phenoxy) is 2. The van der Waals surface area contributed by atoms with Crippen molar-refractivity contribution in [2.75, 3.05) is 20.8 Å². The highest BCUT2D eigenvalue weighted by molar-refractivity contribution is 9.10. The summed E-state index contributed by atoms with van der Waals surface area (Å²) in [4.78, 5) is 1.58. The monoisotopic (exact) mass is 362 g/mol. The van der Waals surface area contributed by atoms with Gasteiger partial charge in [0.25, 0.3) is 0 Å². The second-order valence-corrected chi connectivity index (χ2v) is 6.53. The molecule has 1 atom stereocenters. The van der Waals surface area contributed by atoms with E-state index in [1.165, 1.54) is 21.2 Å². The smallest absolute Gasteiger partial charge is 0.161 e. The van der Waals surface area contributed by atoms with Crippen LogP contribution in [0.4, 0.5) is 0 Å². The highest BCUT2D eigenvalue weighted by Gasteiger charge is 2.22. The van der Waals surface area contributed by atoms with Gasteiger partial charge in [0.05, 0.1) is 20.8 Å². The predicted octanol–water partition coefficient (Wildman–Crippen LogP) is 2.61. The van der Waals surface area contributed by atoms with Gasteiger partial charge in [0, 0.05) is 22.0 Å². The van der Waals surface area contributed by atoms with Crippen LogP contribution in [0.1, 0.15) is 16.7 Å². The zero-order valence-electron chi connectivity index (χ0n) is 13.0. The van der Waals surface area contributed by atoms with E-state index in [1.807, 2.05) is 0 Å². The van der Waals surface area contributed by atoms with Crippen LogP contribution < -0.4 is 14.4 Å². The molecular weight excluding hydrogens is 342 g/mol. The molecule has 1 heterocycles. The lowest BCUT2D eigenvalue weighted by Gasteiger charge is -2.27. The molecule has 0 radical (unpaired) electrons. The fraction of sp³-hybridized carbons (Fsp3) is 0.333. The second kappa shape index (κ2) is 6.71. The van der Waals surface area contributed by atoms with Gasteiger partial charge >= 0.3 is 0 Å². The van der Waals surface area contributed by atoms with Crippen LogP contribution in [0, 0.1) is 0 Å². The topological polar surface area (TPSA) is 22.9 Å². The molecule has 0 aliphatic carbocycles. The highest BCUT2D eigenvalue weighted by atomic mass is 79.9. The molecule has 4 heteroatoms. The molecule has 3 nitrogen and oxygen atoms in total. The van der Waals surface area contributed by atoms with Crippen LogP contribution in [0.2, 0.25) is 0 Å². The van der Waals surface area contributed by atoms with Gasteiger partial charge in [-0.3, -0.25) is 0 Å². The molecule has 2 aromatic rings. The molecule has 1 aliphatic heterocycles. The van der Waals surface area contributed by atoms with Crippen LogP contribution in [-0.2, 0) is 19.5 Å². The average Bonchev–Trinajstić information content (AvgIpc) is 2.55. The standard InChI is InChI=1S/C18H20BrNO2/c1-21-17-9-13-7-8-20(12-15(13)10-18(17)22-2)11-14-5-3-4-6-16(14)19/h3-6,9-10H,7-8,11-12H2,1-2H3/p+1. The molecule has 0 spiro atoms. The van der Waals surface area contributed by atoms with E-state index in [9.17, 15) is 0 Å². The van der Waals surface area contributed by atoms with Crippen molar-refractivity contribution in [3.05, 3.63) is 57.6 Å². The van der Waals surface area contributed by atoms with Crippen LogP contribution in [0.25, 0.3) is 0 Å². The number of hydrogen-bond donors (Lipinski definition) is 1. The van der Waals surface area contributed by atoms with E-state index in [0.717, 1.165) is 37.6 Å². The molecule has 0 aromatic heterocycles. The van der Waals surface area contributed by atoms with Crippen molar-refractivity contribution in [3.8, 4) is 11.5 Å². The summed E-state index contributed by atoms with van der Waals surface area (Å²) in [5.74, 6) is 1.65. The minimum atomic E-state index is 0.823. The van der Waals surface area contributed by atoms with Gasteiger partial charge in [-0.1, -0.05) is 34.1 Å². The van der Waals surface area contributed by atoms with E-state index < -0.39 is 0 Å². The van der Waals surface area contributed by atoms with E-state index in [2.05, 4.69) is 52.3 Å². The molecule has 0 bridgehead atoms. The lowest BCUT2D eigenvalue weighted by atomic mass is 9.98. The zero-order valence-corrected chi connectivity index (χ0v) is 14.6. The van der Waals surface area contributed by atoms with Crippen molar-refractivity contribution in [3.63, 3.8) is 0 Å². The molecule has 0 amide bonds. The van der Waals surface area contributed by atoms with Gasteiger partial charge in [-0.2, -0.15) is 0 Å². The molecule has 116 valence electrons. The number of fused-ring (bicyclic) bond motifs is 1. The summed E-state index contributed by atoms with van der Waals surface area (Å²) in [7, 11) is 3.39. The van der Waals surface area contributed by atoms with Gasteiger partial charge in [-0.05, 0) is 23.8 Å². The van der Waals surface area contributed by atoms with Crippen molar-refractivity contribution < 1.29 is 14.4 Å². The maximum atomic E-state index is 5.43. The first-order valence-corrected chi connectivity index (χ1v) is 8.31. The summed E-state index contributed by atoms with van der Waals surface area (Å²) in [6.45, 7) is 3.20. The average molecular weight is 363 g/mol. The molecule has 22 heavy (non-hydrogen) atoms. The fourth-order valence-electron chi connectivity index (χ4n) is 3.09. The number of nitrogens with one attached hydrogen (secondary N) is 1. The first-order chi connectivity index (χ1) is 10.7. The summed E-state index contributed by atoms with van der Waals surface area (Å²) < 4.78 is 12.0. The van der Waals surface area contributed by atoms with Gasteiger partial charge < -0.3 is 14.4 Å². The van der Waals surface area contributed by atoms with Gasteiger partial charge in [0.15, 0.2) is 11.5 Å². The Morgan fingerprint density at radius 1 is 1.05 bits per heavy atom. The van der Waals surface area contributed by atoms with E-state index in [-0.39, 0.29) is 0 Å². The molecule has 1 N–H and O–H groups in total. The van der Waals surface area contributed by atoms with Crippen LogP contribution in [0.15, 0.2) is 40.9 Å². The van der Waals surface area contributed by atoms with Crippen molar-refractivity contribution in [2.45, 2.75) is 19.5 Å². The number of methoxy groups -OCH3 is 2. The van der Waals surface area contributed by atoms with E-state index in [4.69, 9.17) is 9.47 Å². The van der Waals surface area contributed by atoms with Crippen molar-refractivity contribution in [1.82, 2.24) is 0 Å². The Bertz CT molecular complexity index is 672. The number of benzene rings is 2. The quantitative estimate of drug-likeness (QED) is 0.903. The Balaban J connectivity index is 1.80. The number of halogens is 1. The van der Waals surface area contributed by atoms with E-state index in [1.54, 1.807) is 19.1 Å². The van der Waals surface area contributed by atoms with Gasteiger partial charge in [0.2, 0.25) is 0 Å². The molecular formula is C18H21BrNO2+. The van der Waals surface area contributed by atoms with E-state index >= 15 is 0 Å².